The maximum Gasteiger partial charge on any atom is 0.416 e. The molecule has 1 aliphatic rings. The van der Waals surface area contributed by atoms with E-state index in [0.717, 1.165) is 23.9 Å². The van der Waals surface area contributed by atoms with Crippen molar-refractivity contribution in [2.45, 2.75) is 12.7 Å². The van der Waals surface area contributed by atoms with Crippen molar-refractivity contribution in [3.05, 3.63) is 84.3 Å². The van der Waals surface area contributed by atoms with Crippen LogP contribution in [0.2, 0.25) is 0 Å². The van der Waals surface area contributed by atoms with Crippen LogP contribution in [0.3, 0.4) is 0 Å². The average molecular weight is 498 g/mol. The van der Waals surface area contributed by atoms with Crippen molar-refractivity contribution < 1.29 is 22.3 Å². The quantitative estimate of drug-likeness (QED) is 0.372. The summed E-state index contributed by atoms with van der Waals surface area (Å²) in [7, 11) is 0. The number of nitrogens with one attached hydrogen (secondary N) is 1. The first-order valence-corrected chi connectivity index (χ1v) is 11.2. The molecule has 2 aromatic carbocycles. The Morgan fingerprint density at radius 1 is 1.03 bits per heavy atom. The van der Waals surface area contributed by atoms with Crippen molar-refractivity contribution in [1.82, 2.24) is 19.5 Å². The molecule has 0 aliphatic carbocycles. The topological polar surface area (TPSA) is 68.1 Å². The minimum Gasteiger partial charge on any atom is -0.378 e. The monoisotopic (exact) mass is 498 g/mol. The van der Waals surface area contributed by atoms with Crippen molar-refractivity contribution in [3.63, 3.8) is 0 Å². The fraction of sp³-hybridized carbons (Fsp3) is 0.240. The van der Waals surface area contributed by atoms with Gasteiger partial charge >= 0.3 is 6.18 Å². The molecule has 5 rings (SSSR count). The van der Waals surface area contributed by atoms with E-state index in [4.69, 9.17) is 4.74 Å². The van der Waals surface area contributed by atoms with E-state index in [9.17, 15) is 17.6 Å². The Balaban J connectivity index is 1.42. The first-order valence-electron chi connectivity index (χ1n) is 11.2. The molecule has 1 N–H and O–H groups in total. The van der Waals surface area contributed by atoms with E-state index >= 15 is 0 Å². The maximum absolute atomic E-state index is 14.8. The summed E-state index contributed by atoms with van der Waals surface area (Å²) >= 11 is 0. The molecule has 0 bridgehead atoms. The SMILES string of the molecule is Fc1cnc(Nc2ccc(Cn3ccnc3)cc2)nc1-c1cc(N2CCOCC2)cc(C(F)(F)F)c1. The van der Waals surface area contributed by atoms with E-state index in [0.29, 0.717) is 44.2 Å². The fourth-order valence-electron chi connectivity index (χ4n) is 3.96. The van der Waals surface area contributed by atoms with Crippen molar-refractivity contribution in [3.8, 4) is 11.3 Å². The summed E-state index contributed by atoms with van der Waals surface area (Å²) in [6, 6.07) is 10.9. The predicted octanol–water partition coefficient (Wildman–Crippen LogP) is 5.13. The van der Waals surface area contributed by atoms with Gasteiger partial charge in [0, 0.05) is 49.0 Å². The molecule has 0 spiro atoms. The number of rotatable bonds is 6. The molecular formula is C25H22F4N6O. The van der Waals surface area contributed by atoms with E-state index in [1.807, 2.05) is 35.0 Å². The number of anilines is 3. The molecule has 0 atom stereocenters. The van der Waals surface area contributed by atoms with Crippen LogP contribution in [0, 0.1) is 5.82 Å². The first-order chi connectivity index (χ1) is 17.3. The molecule has 0 radical (unpaired) electrons. The Morgan fingerprint density at radius 3 is 2.50 bits per heavy atom. The molecule has 1 fully saturated rings. The molecule has 1 saturated heterocycles. The van der Waals surface area contributed by atoms with Crippen LogP contribution in [0.15, 0.2) is 67.4 Å². The lowest BCUT2D eigenvalue weighted by atomic mass is 10.0. The molecule has 7 nitrogen and oxygen atoms in total. The Kier molecular flexibility index (Phi) is 6.55. The van der Waals surface area contributed by atoms with E-state index in [1.54, 1.807) is 17.4 Å². The van der Waals surface area contributed by atoms with Gasteiger partial charge in [-0.1, -0.05) is 12.1 Å². The van der Waals surface area contributed by atoms with Crippen LogP contribution in [0.1, 0.15) is 11.1 Å². The van der Waals surface area contributed by atoms with Crippen LogP contribution >= 0.6 is 0 Å². The largest absolute Gasteiger partial charge is 0.416 e. The molecule has 0 saturated carbocycles. The molecule has 186 valence electrons. The molecule has 36 heavy (non-hydrogen) atoms. The normalized spacial score (nSPS) is 14.2. The lowest BCUT2D eigenvalue weighted by Gasteiger charge is -2.29. The number of hydrogen-bond donors (Lipinski definition) is 1. The zero-order chi connectivity index (χ0) is 25.1. The number of nitrogens with zero attached hydrogens (tertiary/aromatic N) is 5. The molecule has 3 heterocycles. The second kappa shape index (κ2) is 9.94. The number of hydrogen-bond acceptors (Lipinski definition) is 6. The zero-order valence-corrected chi connectivity index (χ0v) is 19.0. The average Bonchev–Trinajstić information content (AvgIpc) is 3.39. The van der Waals surface area contributed by atoms with E-state index in [-0.39, 0.29) is 17.2 Å². The molecular weight excluding hydrogens is 476 g/mol. The minimum absolute atomic E-state index is 0.0185. The third-order valence-electron chi connectivity index (χ3n) is 5.77. The van der Waals surface area contributed by atoms with Crippen LogP contribution in [0.5, 0.6) is 0 Å². The van der Waals surface area contributed by atoms with Gasteiger partial charge in [0.2, 0.25) is 5.95 Å². The molecule has 0 unspecified atom stereocenters. The Labute approximate surface area is 204 Å². The highest BCUT2D eigenvalue weighted by atomic mass is 19.4. The lowest BCUT2D eigenvalue weighted by Crippen LogP contribution is -2.36. The summed E-state index contributed by atoms with van der Waals surface area (Å²) in [5, 5.41) is 2.99. The van der Waals surface area contributed by atoms with E-state index in [2.05, 4.69) is 20.3 Å². The molecule has 4 aromatic rings. The lowest BCUT2D eigenvalue weighted by molar-refractivity contribution is -0.137. The summed E-state index contributed by atoms with van der Waals surface area (Å²) < 4.78 is 63.0. The van der Waals surface area contributed by atoms with Crippen LogP contribution in [-0.4, -0.2) is 45.8 Å². The van der Waals surface area contributed by atoms with Gasteiger partial charge < -0.3 is 19.5 Å². The van der Waals surface area contributed by atoms with Gasteiger partial charge in [-0.25, -0.2) is 19.3 Å². The summed E-state index contributed by atoms with van der Waals surface area (Å²) in [4.78, 5) is 14.0. The summed E-state index contributed by atoms with van der Waals surface area (Å²) in [6.45, 7) is 2.34. The van der Waals surface area contributed by atoms with Crippen LogP contribution < -0.4 is 10.2 Å². The Hall–Kier alpha value is -3.99. The van der Waals surface area contributed by atoms with Gasteiger partial charge in [-0.2, -0.15) is 13.2 Å². The molecule has 2 aromatic heterocycles. The van der Waals surface area contributed by atoms with E-state index in [1.165, 1.54) is 6.07 Å². The van der Waals surface area contributed by atoms with Gasteiger partial charge in [0.25, 0.3) is 0 Å². The first kappa shape index (κ1) is 23.7. The zero-order valence-electron chi connectivity index (χ0n) is 19.0. The van der Waals surface area contributed by atoms with E-state index < -0.39 is 17.6 Å². The second-order valence-corrected chi connectivity index (χ2v) is 8.31. The third kappa shape index (κ3) is 5.46. The third-order valence-corrected chi connectivity index (χ3v) is 5.77. The number of morpholine rings is 1. The number of aromatic nitrogens is 4. The number of ether oxygens (including phenoxy) is 1. The highest BCUT2D eigenvalue weighted by molar-refractivity contribution is 5.69. The van der Waals surface area contributed by atoms with Crippen LogP contribution in [0.4, 0.5) is 34.9 Å². The molecule has 1 aliphatic heterocycles. The Bertz CT molecular complexity index is 1320. The smallest absolute Gasteiger partial charge is 0.378 e. The minimum atomic E-state index is -4.60. The van der Waals surface area contributed by atoms with Gasteiger partial charge in [0.05, 0.1) is 31.3 Å². The number of halogens is 4. The predicted molar refractivity (Wildman–Crippen MR) is 127 cm³/mol. The fourth-order valence-corrected chi connectivity index (χ4v) is 3.96. The summed E-state index contributed by atoms with van der Waals surface area (Å²) in [6.07, 6.45) is 1.64. The van der Waals surface area contributed by atoms with Crippen LogP contribution in [0.25, 0.3) is 11.3 Å². The summed E-state index contributed by atoms with van der Waals surface area (Å²) in [5.74, 6) is -0.748. The van der Waals surface area contributed by atoms with Gasteiger partial charge in [-0.05, 0) is 35.9 Å². The second-order valence-electron chi connectivity index (χ2n) is 8.31. The van der Waals surface area contributed by atoms with Crippen molar-refractivity contribution in [2.24, 2.45) is 0 Å². The van der Waals surface area contributed by atoms with Gasteiger partial charge in [-0.15, -0.1) is 0 Å². The van der Waals surface area contributed by atoms with Crippen LogP contribution in [-0.2, 0) is 17.5 Å². The standard InChI is InChI=1S/C25H22F4N6O/c26-22-14-31-24(32-20-3-1-17(2-4-20)15-34-6-5-30-16-34)33-23(22)18-11-19(25(27,28)29)13-21(12-18)35-7-9-36-10-8-35/h1-6,11-14,16H,7-10,15H2,(H,31,32,33). The van der Waals surface area contributed by atoms with Gasteiger partial charge in [0.1, 0.15) is 5.69 Å². The van der Waals surface area contributed by atoms with Gasteiger partial charge in [-0.3, -0.25) is 0 Å². The van der Waals surface area contributed by atoms with Crippen molar-refractivity contribution in [1.29, 1.82) is 0 Å². The highest BCUT2D eigenvalue weighted by Crippen LogP contribution is 2.36. The number of imidazole rings is 1. The van der Waals surface area contributed by atoms with Crippen molar-refractivity contribution >= 4 is 17.3 Å². The Morgan fingerprint density at radius 2 is 1.81 bits per heavy atom. The molecule has 11 heteroatoms. The summed E-state index contributed by atoms with van der Waals surface area (Å²) in [5.41, 5.74) is 0.959. The highest BCUT2D eigenvalue weighted by Gasteiger charge is 2.32. The molecule has 0 amide bonds. The maximum atomic E-state index is 14.8. The number of benzene rings is 2. The van der Waals surface area contributed by atoms with Gasteiger partial charge in [0.15, 0.2) is 5.82 Å². The number of alkyl halides is 3. The van der Waals surface area contributed by atoms with Crippen molar-refractivity contribution in [2.75, 3.05) is 36.5 Å².